The van der Waals surface area contributed by atoms with E-state index in [9.17, 15) is 4.79 Å². The van der Waals surface area contributed by atoms with Gasteiger partial charge < -0.3 is 4.74 Å². The molecule has 0 aliphatic rings. The number of hydrogen-bond acceptors (Lipinski definition) is 3. The first-order chi connectivity index (χ1) is 16.8. The van der Waals surface area contributed by atoms with Crippen LogP contribution in [0, 0.1) is 0 Å². The molecule has 3 heteroatoms. The quantitative estimate of drug-likeness (QED) is 0.128. The van der Waals surface area contributed by atoms with Gasteiger partial charge in [0.1, 0.15) is 5.75 Å². The molecule has 0 unspecified atom stereocenters. The van der Waals surface area contributed by atoms with E-state index in [0.29, 0.717) is 0 Å². The summed E-state index contributed by atoms with van der Waals surface area (Å²) in [4.78, 5) is 13.4. The normalized spacial score (nSPS) is 12.0. The fourth-order valence-electron chi connectivity index (χ4n) is 5.36. The van der Waals surface area contributed by atoms with Crippen molar-refractivity contribution < 1.29 is 4.74 Å². The van der Waals surface area contributed by atoms with Crippen LogP contribution in [0.15, 0.2) is 71.5 Å². The van der Waals surface area contributed by atoms with Gasteiger partial charge in [-0.2, -0.15) is 0 Å². The fraction of sp³-hybridized carbons (Fsp3) is 0.258. The molecule has 0 atom stereocenters. The average Bonchev–Trinajstić information content (AvgIpc) is 2.88. The summed E-state index contributed by atoms with van der Waals surface area (Å²) in [5.74, 6) is 0.943. The SMILES string of the molecule is CCCCCCCCOc1cc2c3ccccc3c(=O)c3ccc4c5ccccc5sc1c4c32. The molecule has 0 aliphatic carbocycles. The van der Waals surface area contributed by atoms with Gasteiger partial charge >= 0.3 is 0 Å². The van der Waals surface area contributed by atoms with E-state index >= 15 is 0 Å². The summed E-state index contributed by atoms with van der Waals surface area (Å²) in [6.45, 7) is 2.98. The predicted octanol–water partition coefficient (Wildman–Crippen LogP) is 9.05. The summed E-state index contributed by atoms with van der Waals surface area (Å²) >= 11 is 1.77. The van der Waals surface area contributed by atoms with E-state index in [-0.39, 0.29) is 5.43 Å². The second kappa shape index (κ2) is 8.88. The Kier molecular flexibility index (Phi) is 5.58. The van der Waals surface area contributed by atoms with E-state index in [1.807, 2.05) is 24.3 Å². The zero-order valence-corrected chi connectivity index (χ0v) is 20.3. The zero-order chi connectivity index (χ0) is 23.1. The highest BCUT2D eigenvalue weighted by molar-refractivity contribution is 7.25. The summed E-state index contributed by atoms with van der Waals surface area (Å²) in [6, 6.07) is 22.9. The van der Waals surface area contributed by atoms with Crippen LogP contribution < -0.4 is 10.2 Å². The largest absolute Gasteiger partial charge is 0.492 e. The van der Waals surface area contributed by atoms with Crippen molar-refractivity contribution in [2.75, 3.05) is 6.61 Å². The Hall–Kier alpha value is -3.17. The summed E-state index contributed by atoms with van der Waals surface area (Å²) in [6.07, 6.45) is 7.45. The van der Waals surface area contributed by atoms with Crippen molar-refractivity contribution >= 4 is 63.8 Å². The number of benzene rings is 5. The van der Waals surface area contributed by atoms with Crippen LogP contribution in [0.2, 0.25) is 0 Å². The number of unbranched alkanes of at least 4 members (excludes halogenated alkanes) is 5. The maximum Gasteiger partial charge on any atom is 0.194 e. The first-order valence-electron chi connectivity index (χ1n) is 12.5. The molecule has 170 valence electrons. The van der Waals surface area contributed by atoms with Crippen LogP contribution >= 0.6 is 11.3 Å². The van der Waals surface area contributed by atoms with Gasteiger partial charge in [0.2, 0.25) is 0 Å². The lowest BCUT2D eigenvalue weighted by Gasteiger charge is -2.17. The molecule has 0 spiro atoms. The Morgan fingerprint density at radius 1 is 0.676 bits per heavy atom. The van der Waals surface area contributed by atoms with Crippen LogP contribution in [0.25, 0.3) is 52.5 Å². The van der Waals surface area contributed by atoms with Crippen molar-refractivity contribution in [1.82, 2.24) is 0 Å². The highest BCUT2D eigenvalue weighted by Gasteiger charge is 2.19. The summed E-state index contributed by atoms with van der Waals surface area (Å²) in [5, 5.41) is 8.38. The number of rotatable bonds is 8. The minimum Gasteiger partial charge on any atom is -0.492 e. The molecule has 0 saturated heterocycles. The molecule has 0 radical (unpaired) electrons. The van der Waals surface area contributed by atoms with Gasteiger partial charge in [-0.3, -0.25) is 4.79 Å². The van der Waals surface area contributed by atoms with Crippen molar-refractivity contribution in [3.8, 4) is 5.75 Å². The minimum atomic E-state index is 0.116. The fourth-order valence-corrected chi connectivity index (χ4v) is 6.55. The van der Waals surface area contributed by atoms with E-state index in [2.05, 4.69) is 49.4 Å². The minimum absolute atomic E-state index is 0.116. The molecule has 0 fully saturated rings. The van der Waals surface area contributed by atoms with Crippen LogP contribution in [0.4, 0.5) is 0 Å². The number of ether oxygens (including phenoxy) is 1. The molecular formula is C31H28O2S. The zero-order valence-electron chi connectivity index (χ0n) is 19.5. The third-order valence-corrected chi connectivity index (χ3v) is 8.24. The van der Waals surface area contributed by atoms with Crippen LogP contribution in [-0.4, -0.2) is 6.61 Å². The van der Waals surface area contributed by atoms with Crippen LogP contribution in [0.5, 0.6) is 5.75 Å². The third kappa shape index (κ3) is 3.42. The van der Waals surface area contributed by atoms with E-state index in [0.717, 1.165) is 50.4 Å². The van der Waals surface area contributed by atoms with Crippen molar-refractivity contribution in [2.45, 2.75) is 45.4 Å². The van der Waals surface area contributed by atoms with Crippen LogP contribution in [-0.2, 0) is 0 Å². The molecule has 0 amide bonds. The van der Waals surface area contributed by atoms with Crippen LogP contribution in [0.3, 0.4) is 0 Å². The lowest BCUT2D eigenvalue weighted by atomic mass is 9.92. The topological polar surface area (TPSA) is 26.3 Å². The molecule has 0 saturated carbocycles. The molecule has 6 rings (SSSR count). The van der Waals surface area contributed by atoms with E-state index in [1.165, 1.54) is 53.0 Å². The van der Waals surface area contributed by atoms with Gasteiger partial charge in [0.15, 0.2) is 5.43 Å². The summed E-state index contributed by atoms with van der Waals surface area (Å²) in [7, 11) is 0. The number of hydrogen-bond donors (Lipinski definition) is 0. The first kappa shape index (κ1) is 21.4. The lowest BCUT2D eigenvalue weighted by Crippen LogP contribution is -2.04. The van der Waals surface area contributed by atoms with E-state index < -0.39 is 0 Å². The Morgan fingerprint density at radius 3 is 2.24 bits per heavy atom. The Labute approximate surface area is 203 Å². The summed E-state index contributed by atoms with van der Waals surface area (Å²) < 4.78 is 8.88. The van der Waals surface area contributed by atoms with Gasteiger partial charge in [-0.25, -0.2) is 0 Å². The predicted molar refractivity (Wildman–Crippen MR) is 148 cm³/mol. The second-order valence-electron chi connectivity index (χ2n) is 9.25. The maximum atomic E-state index is 13.4. The highest BCUT2D eigenvalue weighted by Crippen LogP contribution is 2.46. The second-order valence-corrected chi connectivity index (χ2v) is 10.3. The Balaban J connectivity index is 1.58. The van der Waals surface area contributed by atoms with Gasteiger partial charge in [-0.1, -0.05) is 87.6 Å². The molecule has 34 heavy (non-hydrogen) atoms. The lowest BCUT2D eigenvalue weighted by molar-refractivity contribution is 0.308. The first-order valence-corrected chi connectivity index (χ1v) is 13.3. The number of fused-ring (bicyclic) bond motifs is 4. The van der Waals surface area contributed by atoms with Gasteiger partial charge in [0, 0.05) is 26.2 Å². The van der Waals surface area contributed by atoms with Gasteiger partial charge in [0.05, 0.1) is 11.3 Å². The molecule has 5 aromatic carbocycles. The Morgan fingerprint density at radius 2 is 1.38 bits per heavy atom. The molecule has 6 aromatic rings. The monoisotopic (exact) mass is 464 g/mol. The van der Waals surface area contributed by atoms with E-state index in [1.54, 1.807) is 11.3 Å². The molecular weight excluding hydrogens is 436 g/mol. The van der Waals surface area contributed by atoms with Gasteiger partial charge in [0.25, 0.3) is 0 Å². The van der Waals surface area contributed by atoms with Gasteiger partial charge in [-0.15, -0.1) is 11.3 Å². The molecule has 0 bridgehead atoms. The molecule has 2 nitrogen and oxygen atoms in total. The highest BCUT2D eigenvalue weighted by atomic mass is 32.1. The van der Waals surface area contributed by atoms with Crippen molar-refractivity contribution in [1.29, 1.82) is 0 Å². The van der Waals surface area contributed by atoms with E-state index in [4.69, 9.17) is 4.74 Å². The van der Waals surface area contributed by atoms with Crippen LogP contribution in [0.1, 0.15) is 45.4 Å². The van der Waals surface area contributed by atoms with Crippen molar-refractivity contribution in [3.63, 3.8) is 0 Å². The Bertz CT molecular complexity index is 1700. The smallest absolute Gasteiger partial charge is 0.194 e. The average molecular weight is 465 g/mol. The molecule has 1 heterocycles. The third-order valence-electron chi connectivity index (χ3n) is 7.05. The molecule has 1 aromatic heterocycles. The summed E-state index contributed by atoms with van der Waals surface area (Å²) in [5.41, 5.74) is 0.116. The maximum absolute atomic E-state index is 13.4. The molecule has 0 aliphatic heterocycles. The molecule has 0 N–H and O–H groups in total. The van der Waals surface area contributed by atoms with Gasteiger partial charge in [-0.05, 0) is 46.2 Å². The van der Waals surface area contributed by atoms with Crippen molar-refractivity contribution in [3.05, 3.63) is 77.0 Å². The van der Waals surface area contributed by atoms with Crippen molar-refractivity contribution in [2.24, 2.45) is 0 Å². The standard InChI is InChI=1S/C31H28O2S/c1-2-3-4-5-6-11-18-33-26-19-25-20-12-7-8-14-23(20)30(32)24-17-16-22-21-13-9-10-15-27(21)34-31(26)29(22)28(24)25/h7-10,12-17,19H,2-6,11,18H2,1H3.